The van der Waals surface area contributed by atoms with Gasteiger partial charge in [-0.2, -0.15) is 0 Å². The van der Waals surface area contributed by atoms with Gasteiger partial charge in [0.15, 0.2) is 0 Å². The van der Waals surface area contributed by atoms with E-state index in [9.17, 15) is 9.59 Å². The molecule has 0 aliphatic heterocycles. The topological polar surface area (TPSA) is 73.9 Å². The van der Waals surface area contributed by atoms with Crippen LogP contribution in [0.2, 0.25) is 0 Å². The molecule has 0 aliphatic carbocycles. The summed E-state index contributed by atoms with van der Waals surface area (Å²) in [5.74, 6) is -0.469. The van der Waals surface area contributed by atoms with Gasteiger partial charge in [-0.15, -0.1) is 0 Å². The van der Waals surface area contributed by atoms with Gasteiger partial charge in [0.2, 0.25) is 0 Å². The molecule has 25 heavy (non-hydrogen) atoms. The molecular weight excluding hydrogens is 322 g/mol. The van der Waals surface area contributed by atoms with E-state index in [1.54, 1.807) is 20.8 Å². The van der Waals surface area contributed by atoms with E-state index in [0.29, 0.717) is 6.61 Å². The highest BCUT2D eigenvalue weighted by Gasteiger charge is 2.26. The number of carbonyl (C=O) groups is 2. The van der Waals surface area contributed by atoms with Crippen molar-refractivity contribution in [3.05, 3.63) is 48.6 Å². The molecule has 1 N–H and O–H groups in total. The van der Waals surface area contributed by atoms with Crippen LogP contribution in [0.5, 0.6) is 0 Å². The molecule has 0 fully saturated rings. The van der Waals surface area contributed by atoms with Crippen LogP contribution in [-0.4, -0.2) is 36.4 Å². The van der Waals surface area contributed by atoms with Gasteiger partial charge in [0, 0.05) is 6.92 Å². The largest absolute Gasteiger partial charge is 0.456 e. The van der Waals surface area contributed by atoms with Gasteiger partial charge >= 0.3 is 12.1 Å². The van der Waals surface area contributed by atoms with Crippen molar-refractivity contribution in [3.8, 4) is 0 Å². The first-order valence-corrected chi connectivity index (χ1v) is 8.12. The highest BCUT2D eigenvalue weighted by molar-refractivity contribution is 5.69. The highest BCUT2D eigenvalue weighted by atomic mass is 16.6. The third-order valence-corrected chi connectivity index (χ3v) is 3.04. The number of rotatable bonds is 8. The molecule has 6 nitrogen and oxygen atoms in total. The van der Waals surface area contributed by atoms with Crippen LogP contribution in [0, 0.1) is 0 Å². The minimum atomic E-state index is -0.721. The van der Waals surface area contributed by atoms with E-state index in [1.807, 2.05) is 30.3 Å². The molecular formula is C19H27NO5. The summed E-state index contributed by atoms with van der Waals surface area (Å²) < 4.78 is 16.1. The lowest BCUT2D eigenvalue weighted by atomic mass is 10.1. The summed E-state index contributed by atoms with van der Waals surface area (Å²) in [4.78, 5) is 23.3. The van der Waals surface area contributed by atoms with Gasteiger partial charge in [0.05, 0.1) is 19.3 Å². The maximum atomic E-state index is 12.0. The minimum absolute atomic E-state index is 0.137. The van der Waals surface area contributed by atoms with E-state index >= 15 is 0 Å². The molecule has 2 unspecified atom stereocenters. The number of nitrogens with one attached hydrogen (secondary N) is 1. The number of esters is 1. The first-order valence-electron chi connectivity index (χ1n) is 8.12. The van der Waals surface area contributed by atoms with Crippen LogP contribution in [0.15, 0.2) is 43.0 Å². The Kier molecular flexibility index (Phi) is 8.15. The quantitative estimate of drug-likeness (QED) is 0.576. The molecule has 1 rings (SSSR count). The summed E-state index contributed by atoms with van der Waals surface area (Å²) >= 11 is 0. The number of hydrogen-bond donors (Lipinski definition) is 1. The van der Waals surface area contributed by atoms with Crippen LogP contribution in [0.1, 0.15) is 33.3 Å². The molecule has 2 atom stereocenters. The number of amides is 1. The molecule has 0 radical (unpaired) electrons. The number of carbonyl (C=O) groups excluding carboxylic acids is 2. The maximum absolute atomic E-state index is 12.0. The molecule has 0 spiro atoms. The smallest absolute Gasteiger partial charge is 0.408 e. The van der Waals surface area contributed by atoms with E-state index < -0.39 is 29.8 Å². The van der Waals surface area contributed by atoms with Gasteiger partial charge in [-0.3, -0.25) is 4.79 Å². The second-order valence-electron chi connectivity index (χ2n) is 6.56. The van der Waals surface area contributed by atoms with Gasteiger partial charge in [-0.1, -0.05) is 36.9 Å². The van der Waals surface area contributed by atoms with E-state index in [1.165, 1.54) is 13.0 Å². The summed E-state index contributed by atoms with van der Waals surface area (Å²) in [7, 11) is 0. The number of hydrogen-bond acceptors (Lipinski definition) is 5. The first-order chi connectivity index (χ1) is 11.7. The summed E-state index contributed by atoms with van der Waals surface area (Å²) in [6.45, 7) is 10.8. The Bertz CT molecular complexity index is 565. The van der Waals surface area contributed by atoms with Gasteiger partial charge in [-0.05, 0) is 32.4 Å². The Morgan fingerprint density at radius 1 is 1.24 bits per heavy atom. The lowest BCUT2D eigenvalue weighted by Crippen LogP contribution is -2.48. The zero-order valence-electron chi connectivity index (χ0n) is 15.3. The number of benzene rings is 1. The second-order valence-corrected chi connectivity index (χ2v) is 6.56. The molecule has 6 heteroatoms. The van der Waals surface area contributed by atoms with Crippen molar-refractivity contribution in [3.63, 3.8) is 0 Å². The SMILES string of the molecule is C=CC(OC(C)=O)C(COCc1ccccc1)NC(=O)OC(C)(C)C. The predicted octanol–water partition coefficient (Wildman–Crippen LogP) is 3.21. The van der Waals surface area contributed by atoms with E-state index in [4.69, 9.17) is 14.2 Å². The monoisotopic (exact) mass is 349 g/mol. The van der Waals surface area contributed by atoms with Gasteiger partial charge < -0.3 is 19.5 Å². The number of alkyl carbamates (subject to hydrolysis) is 1. The zero-order valence-corrected chi connectivity index (χ0v) is 15.3. The first kappa shape index (κ1) is 20.7. The number of ether oxygens (including phenoxy) is 3. The van der Waals surface area contributed by atoms with Gasteiger partial charge in [-0.25, -0.2) is 4.79 Å². The molecule has 0 aliphatic rings. The van der Waals surface area contributed by atoms with Crippen LogP contribution < -0.4 is 5.32 Å². The fraction of sp³-hybridized carbons (Fsp3) is 0.474. The lowest BCUT2D eigenvalue weighted by Gasteiger charge is -2.27. The van der Waals surface area contributed by atoms with Gasteiger partial charge in [0.1, 0.15) is 11.7 Å². The molecule has 1 amide bonds. The molecule has 1 aromatic rings. The summed E-state index contributed by atoms with van der Waals surface area (Å²) in [6.07, 6.45) is 0.121. The van der Waals surface area contributed by atoms with E-state index in [-0.39, 0.29) is 6.61 Å². The van der Waals surface area contributed by atoms with E-state index in [2.05, 4.69) is 11.9 Å². The van der Waals surface area contributed by atoms with Crippen molar-refractivity contribution >= 4 is 12.1 Å². The molecule has 0 saturated carbocycles. The molecule has 0 heterocycles. The van der Waals surface area contributed by atoms with Crippen LogP contribution in [0.3, 0.4) is 0 Å². The van der Waals surface area contributed by atoms with Crippen molar-refractivity contribution < 1.29 is 23.8 Å². The Hall–Kier alpha value is -2.34. The summed E-state index contributed by atoms with van der Waals surface area (Å²) in [6, 6.07) is 9.02. The third kappa shape index (κ3) is 8.91. The minimum Gasteiger partial charge on any atom is -0.456 e. The highest BCUT2D eigenvalue weighted by Crippen LogP contribution is 2.10. The lowest BCUT2D eigenvalue weighted by molar-refractivity contribution is -0.146. The summed E-state index contributed by atoms with van der Waals surface area (Å²) in [5, 5.41) is 2.68. The fourth-order valence-corrected chi connectivity index (χ4v) is 2.04. The molecule has 0 aromatic heterocycles. The third-order valence-electron chi connectivity index (χ3n) is 3.04. The van der Waals surface area contributed by atoms with Crippen molar-refractivity contribution in [1.82, 2.24) is 5.32 Å². The Morgan fingerprint density at radius 2 is 1.88 bits per heavy atom. The van der Waals surface area contributed by atoms with Crippen LogP contribution in [0.4, 0.5) is 4.79 Å². The average Bonchev–Trinajstić information content (AvgIpc) is 2.50. The van der Waals surface area contributed by atoms with Crippen LogP contribution in [0.25, 0.3) is 0 Å². The Balaban J connectivity index is 2.70. The van der Waals surface area contributed by atoms with Gasteiger partial charge in [0.25, 0.3) is 0 Å². The molecule has 1 aromatic carbocycles. The average molecular weight is 349 g/mol. The maximum Gasteiger partial charge on any atom is 0.408 e. The van der Waals surface area contributed by atoms with Crippen molar-refractivity contribution in [1.29, 1.82) is 0 Å². The summed E-state index contributed by atoms with van der Waals surface area (Å²) in [5.41, 5.74) is 0.367. The standard InChI is InChI=1S/C19H27NO5/c1-6-17(24-14(2)21)16(20-18(22)25-19(3,4)5)13-23-12-15-10-8-7-9-11-15/h6-11,16-17H,1,12-13H2,2-5H3,(H,20,22). The Labute approximate surface area is 149 Å². The zero-order chi connectivity index (χ0) is 18.9. The Morgan fingerprint density at radius 3 is 2.40 bits per heavy atom. The van der Waals surface area contributed by atoms with Crippen LogP contribution in [-0.2, 0) is 25.6 Å². The van der Waals surface area contributed by atoms with Crippen molar-refractivity contribution in [2.75, 3.05) is 6.61 Å². The molecule has 0 saturated heterocycles. The van der Waals surface area contributed by atoms with Crippen molar-refractivity contribution in [2.24, 2.45) is 0 Å². The normalized spacial score (nSPS) is 13.4. The van der Waals surface area contributed by atoms with E-state index in [0.717, 1.165) is 5.56 Å². The van der Waals surface area contributed by atoms with Crippen LogP contribution >= 0.6 is 0 Å². The second kappa shape index (κ2) is 9.84. The molecule has 138 valence electrons. The molecule has 0 bridgehead atoms. The predicted molar refractivity (Wildman–Crippen MR) is 95.0 cm³/mol. The fourth-order valence-electron chi connectivity index (χ4n) is 2.04. The van der Waals surface area contributed by atoms with Crippen molar-refractivity contribution in [2.45, 2.75) is 52.0 Å².